The number of imidazole rings is 2. The van der Waals surface area contributed by atoms with Gasteiger partial charge in [0.2, 0.25) is 0 Å². The van der Waals surface area contributed by atoms with E-state index in [2.05, 4.69) is 186 Å². The number of nitrogens with zero attached hydrogens (tertiary/aromatic N) is 4. The van der Waals surface area contributed by atoms with Gasteiger partial charge in [0, 0.05) is 20.9 Å². The summed E-state index contributed by atoms with van der Waals surface area (Å²) in [5, 5.41) is 5.99. The minimum absolute atomic E-state index is 0. The molecule has 0 saturated carbocycles. The molecule has 0 saturated heterocycles. The first-order valence-electron chi connectivity index (χ1n) is 26.1. The molecule has 0 N–H and O–H groups in total. The zero-order chi connectivity index (χ0) is 50.9. The van der Waals surface area contributed by atoms with Crippen molar-refractivity contribution in [1.29, 1.82) is 0 Å². The number of rotatable bonds is 8. The molecule has 0 atom stereocenters. The molecule has 0 aliphatic carbocycles. The fourth-order valence-corrected chi connectivity index (χ4v) is 10.4. The molecular weight excluding hydrogens is 1040 g/mol. The first kappa shape index (κ1) is 43.9. The summed E-state index contributed by atoms with van der Waals surface area (Å²) in [6.45, 7) is 15.9. The monoisotopic (exact) mass is 1110 g/mol. The van der Waals surface area contributed by atoms with E-state index in [0.717, 1.165) is 88.3 Å². The number of furan rings is 1. The zero-order valence-electron chi connectivity index (χ0n) is 44.4. The van der Waals surface area contributed by atoms with E-state index in [1.54, 1.807) is 12.1 Å². The van der Waals surface area contributed by atoms with Gasteiger partial charge in [0.05, 0.1) is 39.3 Å². The number of fused-ring (bicyclic) bond motifs is 8. The Bertz CT molecular complexity index is 3990. The van der Waals surface area contributed by atoms with E-state index in [9.17, 15) is 0 Å². The van der Waals surface area contributed by atoms with Crippen LogP contribution in [0.2, 0.25) is 0 Å². The predicted octanol–water partition coefficient (Wildman–Crippen LogP) is 17.0. The average molecular weight is 1110 g/mol. The quantitative estimate of drug-likeness (QED) is 0.0865. The third-order valence-corrected chi connectivity index (χ3v) is 13.8. The molecule has 0 spiro atoms. The molecule has 9 aromatic carbocycles. The summed E-state index contributed by atoms with van der Waals surface area (Å²) in [4.78, 5) is 10.2. The number of hydrogen-bond acceptors (Lipinski definition) is 2. The van der Waals surface area contributed by atoms with E-state index in [0.29, 0.717) is 29.2 Å². The SMILES string of the molecule is CC(C)c1cccc(C(C)C)c1-n1c(-c2[c-]cccc2)nc2ccccc21.[2H]C([2H])([2H])c1ccc2c(ccc3cc4c(cc32)oc2c(-c3[n-]c5ccccc5[n+]3-c3c(C(C)C)cccc3C(C)C)[c-]ccc24)c1.[Ir+3]. The van der Waals surface area contributed by atoms with Gasteiger partial charge >= 0.3 is 20.1 Å². The van der Waals surface area contributed by atoms with Gasteiger partial charge in [-0.05, 0) is 111 Å². The van der Waals surface area contributed by atoms with Crippen LogP contribution >= 0.6 is 0 Å². The van der Waals surface area contributed by atoms with E-state index < -0.39 is 6.85 Å². The van der Waals surface area contributed by atoms with Crippen LogP contribution in [0.1, 0.15) is 111 Å². The molecule has 3 heterocycles. The van der Waals surface area contributed by atoms with Crippen molar-refractivity contribution in [1.82, 2.24) is 14.5 Å². The van der Waals surface area contributed by atoms with Gasteiger partial charge in [-0.1, -0.05) is 163 Å². The maximum atomic E-state index is 7.85. The van der Waals surface area contributed by atoms with Crippen molar-refractivity contribution in [2.24, 2.45) is 0 Å². The van der Waals surface area contributed by atoms with Gasteiger partial charge in [-0.25, -0.2) is 0 Å². The Morgan fingerprint density at radius 1 is 0.592 bits per heavy atom. The second kappa shape index (κ2) is 19.2. The third kappa shape index (κ3) is 8.37. The van der Waals surface area contributed by atoms with E-state index in [-0.39, 0.29) is 20.1 Å². The van der Waals surface area contributed by atoms with Gasteiger partial charge in [0.15, 0.2) is 0 Å². The van der Waals surface area contributed by atoms with Crippen molar-refractivity contribution in [3.63, 3.8) is 0 Å². The number of aromatic nitrogens is 4. The normalized spacial score (nSPS) is 12.6. The van der Waals surface area contributed by atoms with Gasteiger partial charge in [-0.2, -0.15) is 0 Å². The fraction of sp³-hybridized carbons (Fsp3) is 0.200. The summed E-state index contributed by atoms with van der Waals surface area (Å²) in [6, 6.07) is 62.7. The van der Waals surface area contributed by atoms with Gasteiger partial charge in [-0.15, -0.1) is 54.1 Å². The molecular formula is C65H58IrN4O+. The van der Waals surface area contributed by atoms with Crippen LogP contribution < -0.4 is 9.55 Å². The molecule has 5 nitrogen and oxygen atoms in total. The largest absolute Gasteiger partial charge is 3.00 e. The molecule has 12 aromatic rings. The van der Waals surface area contributed by atoms with Crippen LogP contribution in [0.25, 0.3) is 99.7 Å². The Labute approximate surface area is 434 Å². The van der Waals surface area contributed by atoms with Gasteiger partial charge < -0.3 is 13.6 Å². The van der Waals surface area contributed by atoms with Crippen LogP contribution in [-0.4, -0.2) is 9.55 Å². The molecule has 0 unspecified atom stereocenters. The molecule has 352 valence electrons. The zero-order valence-corrected chi connectivity index (χ0v) is 43.8. The van der Waals surface area contributed by atoms with E-state index in [1.807, 2.05) is 42.5 Å². The molecule has 0 fully saturated rings. The number of hydrogen-bond donors (Lipinski definition) is 0. The number of aryl methyl sites for hydroxylation is 1. The second-order valence-electron chi connectivity index (χ2n) is 19.8. The smallest absolute Gasteiger partial charge is 0.501 e. The van der Waals surface area contributed by atoms with Crippen molar-refractivity contribution >= 4 is 65.6 Å². The topological polar surface area (TPSA) is 48.9 Å². The molecule has 6 heteroatoms. The molecule has 0 aliphatic heterocycles. The van der Waals surface area contributed by atoms with Crippen molar-refractivity contribution in [2.45, 2.75) is 85.9 Å². The van der Waals surface area contributed by atoms with E-state index in [4.69, 9.17) is 18.5 Å². The van der Waals surface area contributed by atoms with Crippen LogP contribution in [0.3, 0.4) is 0 Å². The minimum Gasteiger partial charge on any atom is -0.501 e. The number of benzene rings is 9. The van der Waals surface area contributed by atoms with Gasteiger partial charge in [0.1, 0.15) is 5.58 Å². The molecule has 0 radical (unpaired) electrons. The molecule has 0 bridgehead atoms. The Hall–Kier alpha value is -7.11. The summed E-state index contributed by atoms with van der Waals surface area (Å²) in [7, 11) is 0. The maximum Gasteiger partial charge on any atom is 3.00 e. The summed E-state index contributed by atoms with van der Waals surface area (Å²) >= 11 is 0. The van der Waals surface area contributed by atoms with E-state index in [1.165, 1.54) is 33.6 Å². The van der Waals surface area contributed by atoms with Crippen LogP contribution in [0.15, 0.2) is 168 Å². The average Bonchev–Trinajstić information content (AvgIpc) is 4.09. The Kier molecular flexibility index (Phi) is 11.9. The number of para-hydroxylation sites is 6. The Morgan fingerprint density at radius 3 is 1.94 bits per heavy atom. The van der Waals surface area contributed by atoms with E-state index >= 15 is 0 Å². The molecule has 0 aliphatic rings. The summed E-state index contributed by atoms with van der Waals surface area (Å²) < 4.78 is 34.9. The van der Waals surface area contributed by atoms with Gasteiger partial charge in [0.25, 0.3) is 0 Å². The van der Waals surface area contributed by atoms with Crippen molar-refractivity contribution in [3.05, 3.63) is 204 Å². The van der Waals surface area contributed by atoms with Crippen molar-refractivity contribution < 1.29 is 33.2 Å². The first-order valence-corrected chi connectivity index (χ1v) is 24.6. The fourth-order valence-electron chi connectivity index (χ4n) is 10.4. The van der Waals surface area contributed by atoms with Crippen LogP contribution in [0, 0.1) is 19.0 Å². The Morgan fingerprint density at radius 2 is 1.25 bits per heavy atom. The van der Waals surface area contributed by atoms with Crippen LogP contribution in [-0.2, 0) is 20.1 Å². The Balaban J connectivity index is 0.000000191. The molecule has 3 aromatic heterocycles. The summed E-state index contributed by atoms with van der Waals surface area (Å²) in [6.07, 6.45) is 0. The maximum absolute atomic E-state index is 7.85. The van der Waals surface area contributed by atoms with Gasteiger partial charge in [-0.3, -0.25) is 9.97 Å². The van der Waals surface area contributed by atoms with Crippen molar-refractivity contribution in [2.75, 3.05) is 0 Å². The molecule has 71 heavy (non-hydrogen) atoms. The van der Waals surface area contributed by atoms with Crippen LogP contribution in [0.4, 0.5) is 0 Å². The summed E-state index contributed by atoms with van der Waals surface area (Å²) in [5.41, 5.74) is 15.5. The first-order chi connectivity index (χ1) is 35.2. The summed E-state index contributed by atoms with van der Waals surface area (Å²) in [5.74, 6) is 3.22. The van der Waals surface area contributed by atoms with Crippen molar-refractivity contribution in [3.8, 4) is 34.2 Å². The second-order valence-corrected chi connectivity index (χ2v) is 19.8. The molecule has 12 rings (SSSR count). The van der Waals surface area contributed by atoms with Crippen LogP contribution in [0.5, 0.6) is 0 Å². The molecule has 0 amide bonds. The minimum atomic E-state index is -2.15. The standard InChI is InChI=1S/C40H33N2O.C25H25N2.Ir/c1-23(2)28-10-8-11-29(24(3)4)38(28)42-36-15-7-6-14-35(36)41-40(42)32-13-9-12-31-34-21-27-18-17-26-20-25(5)16-19-30(26)33(27)22-37(34)43-39(31)32;1-17(2)20-13-10-14-21(18(3)4)24(20)27-23-16-9-8-15-22(23)26-25(27)19-11-6-5-7-12-19;/h6-12,14-24H,1-5H3;5-11,13-18H,1-4H3;/q2*-1;+3/i5D3;;. The third-order valence-electron chi connectivity index (χ3n) is 13.8. The predicted molar refractivity (Wildman–Crippen MR) is 292 cm³/mol.